The average molecular weight is 464 g/mol. The molecule has 1 aromatic heterocycles. The van der Waals surface area contributed by atoms with Gasteiger partial charge in [-0.2, -0.15) is 0 Å². The first-order valence-electron chi connectivity index (χ1n) is 10.9. The number of fused-ring (bicyclic) bond motifs is 1. The van der Waals surface area contributed by atoms with Gasteiger partial charge in [-0.25, -0.2) is 0 Å². The van der Waals surface area contributed by atoms with Crippen LogP contribution in [0.2, 0.25) is 5.02 Å². The maximum Gasteiger partial charge on any atom is 0.311 e. The zero-order valence-corrected chi connectivity index (χ0v) is 19.6. The molecule has 3 aromatic carbocycles. The summed E-state index contributed by atoms with van der Waals surface area (Å²) in [6.07, 6.45) is 0.272. The number of carbonyl (C=O) groups is 1. The predicted molar refractivity (Wildman–Crippen MR) is 131 cm³/mol. The molecule has 0 unspecified atom stereocenters. The Hall–Kier alpha value is -3.44. The van der Waals surface area contributed by atoms with E-state index in [0.717, 1.165) is 28.0 Å². The second kappa shape index (κ2) is 10.0. The van der Waals surface area contributed by atoms with Crippen LogP contribution in [0.25, 0.3) is 16.6 Å². The maximum absolute atomic E-state index is 12.2. The molecular weight excluding hydrogens is 438 g/mol. The summed E-state index contributed by atoms with van der Waals surface area (Å²) in [5, 5.41) is 1.58. The lowest BCUT2D eigenvalue weighted by molar-refractivity contribution is -0.142. The molecule has 33 heavy (non-hydrogen) atoms. The van der Waals surface area contributed by atoms with Crippen molar-refractivity contribution < 1.29 is 19.0 Å². The van der Waals surface area contributed by atoms with E-state index in [2.05, 4.69) is 0 Å². The number of rotatable bonds is 8. The summed E-state index contributed by atoms with van der Waals surface area (Å²) in [6.45, 7) is 6.13. The van der Waals surface area contributed by atoms with Gasteiger partial charge in [0, 0.05) is 21.8 Å². The standard InChI is InChI=1S/C27H26ClNO4/c1-4-31-27(30)17-22-14-19-15-25(33-24-10-8-23(9-11-24)32-18(2)3)12-13-26(19)29(22)21-7-5-6-20(28)16-21/h5-16,18H,4,17H2,1-3H3. The van der Waals surface area contributed by atoms with Crippen molar-refractivity contribution in [3.63, 3.8) is 0 Å². The molecule has 5 nitrogen and oxygen atoms in total. The lowest BCUT2D eigenvalue weighted by Gasteiger charge is -2.12. The smallest absolute Gasteiger partial charge is 0.311 e. The number of hydrogen-bond donors (Lipinski definition) is 0. The molecule has 0 fully saturated rings. The van der Waals surface area contributed by atoms with Crippen LogP contribution in [-0.2, 0) is 16.0 Å². The van der Waals surface area contributed by atoms with Crippen LogP contribution in [0.4, 0.5) is 0 Å². The molecule has 0 bridgehead atoms. The molecule has 0 saturated carbocycles. The maximum atomic E-state index is 12.2. The number of halogens is 1. The molecule has 0 aliphatic heterocycles. The Bertz CT molecular complexity index is 1260. The molecule has 0 spiro atoms. The Labute approximate surface area is 198 Å². The van der Waals surface area contributed by atoms with Crippen LogP contribution in [0.3, 0.4) is 0 Å². The first-order valence-corrected chi connectivity index (χ1v) is 11.3. The minimum atomic E-state index is -0.274. The highest BCUT2D eigenvalue weighted by atomic mass is 35.5. The molecule has 0 saturated heterocycles. The van der Waals surface area contributed by atoms with Gasteiger partial charge in [-0.15, -0.1) is 0 Å². The zero-order chi connectivity index (χ0) is 23.4. The number of hydrogen-bond acceptors (Lipinski definition) is 4. The van der Waals surface area contributed by atoms with Gasteiger partial charge in [0.2, 0.25) is 0 Å². The van der Waals surface area contributed by atoms with E-state index in [4.69, 9.17) is 25.8 Å². The lowest BCUT2D eigenvalue weighted by Crippen LogP contribution is -2.11. The van der Waals surface area contributed by atoms with Gasteiger partial charge in [-0.1, -0.05) is 17.7 Å². The monoisotopic (exact) mass is 463 g/mol. The molecule has 0 N–H and O–H groups in total. The topological polar surface area (TPSA) is 49.7 Å². The minimum Gasteiger partial charge on any atom is -0.491 e. The van der Waals surface area contributed by atoms with E-state index in [1.54, 1.807) is 6.92 Å². The highest BCUT2D eigenvalue weighted by Gasteiger charge is 2.16. The average Bonchev–Trinajstić information content (AvgIpc) is 3.11. The van der Waals surface area contributed by atoms with Gasteiger partial charge in [0.05, 0.1) is 24.6 Å². The van der Waals surface area contributed by atoms with E-state index in [9.17, 15) is 4.79 Å². The van der Waals surface area contributed by atoms with Crippen LogP contribution < -0.4 is 9.47 Å². The molecule has 0 atom stereocenters. The lowest BCUT2D eigenvalue weighted by atomic mass is 10.2. The van der Waals surface area contributed by atoms with Crippen molar-refractivity contribution in [3.8, 4) is 22.9 Å². The highest BCUT2D eigenvalue weighted by Crippen LogP contribution is 2.31. The Balaban J connectivity index is 1.68. The van der Waals surface area contributed by atoms with Crippen molar-refractivity contribution in [1.82, 2.24) is 4.57 Å². The van der Waals surface area contributed by atoms with E-state index >= 15 is 0 Å². The van der Waals surface area contributed by atoms with Gasteiger partial charge in [0.1, 0.15) is 17.2 Å². The molecule has 4 rings (SSSR count). The number of carbonyl (C=O) groups excluding carboxylic acids is 1. The van der Waals surface area contributed by atoms with Crippen molar-refractivity contribution in [2.75, 3.05) is 6.61 Å². The van der Waals surface area contributed by atoms with Crippen LogP contribution in [0.1, 0.15) is 26.5 Å². The number of benzene rings is 3. The molecule has 0 aliphatic carbocycles. The predicted octanol–water partition coefficient (Wildman–Crippen LogP) is 6.97. The molecule has 170 valence electrons. The molecule has 6 heteroatoms. The Morgan fingerprint density at radius 2 is 1.67 bits per heavy atom. The van der Waals surface area contributed by atoms with Crippen molar-refractivity contribution in [2.24, 2.45) is 0 Å². The Kier molecular flexibility index (Phi) is 6.90. The fourth-order valence-electron chi connectivity index (χ4n) is 3.72. The summed E-state index contributed by atoms with van der Waals surface area (Å²) >= 11 is 6.24. The highest BCUT2D eigenvalue weighted by molar-refractivity contribution is 6.30. The van der Waals surface area contributed by atoms with Crippen LogP contribution in [0, 0.1) is 0 Å². The summed E-state index contributed by atoms with van der Waals surface area (Å²) in [4.78, 5) is 12.2. The SMILES string of the molecule is CCOC(=O)Cc1cc2cc(Oc3ccc(OC(C)C)cc3)ccc2n1-c1cccc(Cl)c1. The number of aromatic nitrogens is 1. The summed E-state index contributed by atoms with van der Waals surface area (Å²) in [5.74, 6) is 1.94. The third-order valence-electron chi connectivity index (χ3n) is 4.98. The van der Waals surface area contributed by atoms with Crippen LogP contribution in [0.15, 0.2) is 72.8 Å². The molecule has 4 aromatic rings. The zero-order valence-electron chi connectivity index (χ0n) is 18.9. The van der Waals surface area contributed by atoms with E-state index in [-0.39, 0.29) is 18.5 Å². The Morgan fingerprint density at radius 3 is 2.36 bits per heavy atom. The minimum absolute atomic E-state index is 0.117. The first kappa shape index (κ1) is 22.7. The van der Waals surface area contributed by atoms with E-state index in [1.165, 1.54) is 0 Å². The quantitative estimate of drug-likeness (QED) is 0.265. The largest absolute Gasteiger partial charge is 0.491 e. The molecule has 1 heterocycles. The fourth-order valence-corrected chi connectivity index (χ4v) is 3.90. The molecule has 0 aliphatic rings. The van der Waals surface area contributed by atoms with Crippen LogP contribution in [-0.4, -0.2) is 23.2 Å². The van der Waals surface area contributed by atoms with Gasteiger partial charge < -0.3 is 18.8 Å². The van der Waals surface area contributed by atoms with Gasteiger partial charge in [0.25, 0.3) is 0 Å². The van der Waals surface area contributed by atoms with Gasteiger partial charge >= 0.3 is 5.97 Å². The van der Waals surface area contributed by atoms with E-state index < -0.39 is 0 Å². The molecule has 0 amide bonds. The van der Waals surface area contributed by atoms with Crippen molar-refractivity contribution >= 4 is 28.5 Å². The second-order valence-corrected chi connectivity index (χ2v) is 8.33. The van der Waals surface area contributed by atoms with Crippen LogP contribution in [0.5, 0.6) is 17.2 Å². The fraction of sp³-hybridized carbons (Fsp3) is 0.222. The van der Waals surface area contributed by atoms with Gasteiger partial charge in [-0.05, 0) is 87.5 Å². The summed E-state index contributed by atoms with van der Waals surface area (Å²) in [7, 11) is 0. The summed E-state index contributed by atoms with van der Waals surface area (Å²) in [5.41, 5.74) is 2.65. The number of nitrogens with zero attached hydrogens (tertiary/aromatic N) is 1. The normalized spacial score (nSPS) is 11.1. The molecular formula is C27H26ClNO4. The second-order valence-electron chi connectivity index (χ2n) is 7.89. The first-order chi connectivity index (χ1) is 15.9. The molecule has 0 radical (unpaired) electrons. The third-order valence-corrected chi connectivity index (χ3v) is 5.21. The van der Waals surface area contributed by atoms with E-state index in [0.29, 0.717) is 23.1 Å². The van der Waals surface area contributed by atoms with E-state index in [1.807, 2.05) is 91.2 Å². The summed E-state index contributed by atoms with van der Waals surface area (Å²) in [6, 6.07) is 22.9. The van der Waals surface area contributed by atoms with Gasteiger partial charge in [0.15, 0.2) is 0 Å². The third kappa shape index (κ3) is 5.49. The van der Waals surface area contributed by atoms with Crippen LogP contribution >= 0.6 is 11.6 Å². The Morgan fingerprint density at radius 1 is 0.939 bits per heavy atom. The van der Waals surface area contributed by atoms with Crippen molar-refractivity contribution in [1.29, 1.82) is 0 Å². The number of ether oxygens (including phenoxy) is 3. The van der Waals surface area contributed by atoms with Crippen molar-refractivity contribution in [2.45, 2.75) is 33.3 Å². The van der Waals surface area contributed by atoms with Gasteiger partial charge in [-0.3, -0.25) is 4.79 Å². The number of esters is 1. The van der Waals surface area contributed by atoms with Crippen molar-refractivity contribution in [3.05, 3.63) is 83.5 Å². The summed E-state index contributed by atoms with van der Waals surface area (Å²) < 4.78 is 19.0.